The van der Waals surface area contributed by atoms with Crippen LogP contribution in [0.5, 0.6) is 0 Å². The molecule has 4 nitrogen and oxygen atoms in total. The zero-order valence-electron chi connectivity index (χ0n) is 12.1. The topological polar surface area (TPSA) is 70.6 Å². The van der Waals surface area contributed by atoms with E-state index < -0.39 is 5.60 Å². The number of nitrogens with one attached hydrogen (secondary N) is 1. The molecule has 0 heterocycles. The summed E-state index contributed by atoms with van der Waals surface area (Å²) < 4.78 is 0. The third-order valence-corrected chi connectivity index (χ3v) is 4.43. The Hall–Kier alpha value is -0.970. The van der Waals surface area contributed by atoms with E-state index in [1.54, 1.807) is 12.1 Å². The van der Waals surface area contributed by atoms with E-state index in [0.717, 1.165) is 31.2 Å². The molecule has 0 aliphatic heterocycles. The molecular formula is C15H21Cl2N3O. The van der Waals surface area contributed by atoms with E-state index in [-0.39, 0.29) is 6.04 Å². The standard InChI is InChI=1S/C15H21Cl2N3O/c1-10(12-5-4-11(16)8-13(12)17)20-14(18)19-9-15(21)6-2-3-7-15/h4-5,8,10,21H,2-3,6-7,9H2,1H3,(H3,18,19,20). The highest BCUT2D eigenvalue weighted by atomic mass is 35.5. The summed E-state index contributed by atoms with van der Waals surface area (Å²) in [6.45, 7) is 2.29. The van der Waals surface area contributed by atoms with E-state index in [1.165, 1.54) is 0 Å². The molecule has 1 unspecified atom stereocenters. The van der Waals surface area contributed by atoms with Gasteiger partial charge in [-0.2, -0.15) is 0 Å². The van der Waals surface area contributed by atoms with Gasteiger partial charge in [-0.05, 0) is 37.5 Å². The number of halogens is 2. The molecule has 0 amide bonds. The maximum atomic E-state index is 10.2. The van der Waals surface area contributed by atoms with Crippen LogP contribution in [0.15, 0.2) is 23.2 Å². The average molecular weight is 330 g/mol. The van der Waals surface area contributed by atoms with Crippen LogP contribution in [0.3, 0.4) is 0 Å². The summed E-state index contributed by atoms with van der Waals surface area (Å²) in [7, 11) is 0. The molecule has 1 fully saturated rings. The van der Waals surface area contributed by atoms with E-state index in [4.69, 9.17) is 28.9 Å². The van der Waals surface area contributed by atoms with E-state index in [1.807, 2.05) is 13.0 Å². The highest BCUT2D eigenvalue weighted by Crippen LogP contribution is 2.29. The molecule has 1 aliphatic carbocycles. The Morgan fingerprint density at radius 1 is 1.43 bits per heavy atom. The average Bonchev–Trinajstić information content (AvgIpc) is 2.84. The predicted octanol–water partition coefficient (Wildman–Crippen LogP) is 3.26. The lowest BCUT2D eigenvalue weighted by Gasteiger charge is -2.21. The van der Waals surface area contributed by atoms with Gasteiger partial charge in [0.15, 0.2) is 5.96 Å². The fraction of sp³-hybridized carbons (Fsp3) is 0.533. The van der Waals surface area contributed by atoms with Crippen molar-refractivity contribution in [1.29, 1.82) is 0 Å². The van der Waals surface area contributed by atoms with Crippen LogP contribution in [0.25, 0.3) is 0 Å². The van der Waals surface area contributed by atoms with Gasteiger partial charge in [-0.1, -0.05) is 42.1 Å². The maximum Gasteiger partial charge on any atom is 0.189 e. The third-order valence-electron chi connectivity index (χ3n) is 3.87. The molecule has 6 heteroatoms. The molecule has 2 rings (SSSR count). The van der Waals surface area contributed by atoms with Crippen LogP contribution in [-0.4, -0.2) is 23.2 Å². The van der Waals surface area contributed by atoms with E-state index in [9.17, 15) is 5.11 Å². The normalized spacial score (nSPS) is 19.5. The van der Waals surface area contributed by atoms with Crippen LogP contribution in [0, 0.1) is 0 Å². The van der Waals surface area contributed by atoms with Crippen LogP contribution < -0.4 is 11.1 Å². The second kappa shape index (κ2) is 6.86. The van der Waals surface area contributed by atoms with Crippen LogP contribution >= 0.6 is 23.2 Å². The Labute approximate surface area is 135 Å². The van der Waals surface area contributed by atoms with Gasteiger partial charge in [-0.25, -0.2) is 0 Å². The summed E-state index contributed by atoms with van der Waals surface area (Å²) in [5.74, 6) is 0.314. The number of aliphatic hydroxyl groups is 1. The van der Waals surface area contributed by atoms with Gasteiger partial charge in [0.05, 0.1) is 18.2 Å². The van der Waals surface area contributed by atoms with Crippen molar-refractivity contribution in [3.05, 3.63) is 33.8 Å². The molecule has 0 radical (unpaired) electrons. The van der Waals surface area contributed by atoms with E-state index in [0.29, 0.717) is 22.5 Å². The smallest absolute Gasteiger partial charge is 0.189 e. The monoisotopic (exact) mass is 329 g/mol. The van der Waals surface area contributed by atoms with Crippen molar-refractivity contribution >= 4 is 29.2 Å². The van der Waals surface area contributed by atoms with Crippen LogP contribution in [-0.2, 0) is 0 Å². The lowest BCUT2D eigenvalue weighted by atomic mass is 10.0. The Kier molecular flexibility index (Phi) is 5.36. The zero-order chi connectivity index (χ0) is 15.5. The zero-order valence-corrected chi connectivity index (χ0v) is 13.6. The fourth-order valence-electron chi connectivity index (χ4n) is 2.62. The summed E-state index contributed by atoms with van der Waals surface area (Å²) in [6, 6.07) is 5.26. The Morgan fingerprint density at radius 3 is 2.71 bits per heavy atom. The quantitative estimate of drug-likeness (QED) is 0.586. The Balaban J connectivity index is 1.96. The van der Waals surface area contributed by atoms with E-state index in [2.05, 4.69) is 10.3 Å². The third kappa shape index (κ3) is 4.50. The van der Waals surface area contributed by atoms with Crippen molar-refractivity contribution in [2.24, 2.45) is 10.7 Å². The van der Waals surface area contributed by atoms with Gasteiger partial charge in [-0.15, -0.1) is 0 Å². The number of aliphatic imine (C=N–C) groups is 1. The van der Waals surface area contributed by atoms with Gasteiger partial charge in [0, 0.05) is 10.0 Å². The number of benzene rings is 1. The molecular weight excluding hydrogens is 309 g/mol. The van der Waals surface area contributed by atoms with Crippen LogP contribution in [0.1, 0.15) is 44.2 Å². The van der Waals surface area contributed by atoms with Crippen LogP contribution in [0.4, 0.5) is 0 Å². The minimum Gasteiger partial charge on any atom is -0.388 e. The molecule has 1 aliphatic rings. The summed E-state index contributed by atoms with van der Waals surface area (Å²) in [5.41, 5.74) is 6.10. The Bertz CT molecular complexity index is 528. The molecule has 1 aromatic carbocycles. The van der Waals surface area contributed by atoms with Gasteiger partial charge in [0.1, 0.15) is 0 Å². The second-order valence-electron chi connectivity index (χ2n) is 5.66. The number of hydrogen-bond donors (Lipinski definition) is 3. The SMILES string of the molecule is CC(NC(N)=NCC1(O)CCCC1)c1ccc(Cl)cc1Cl. The number of guanidine groups is 1. The predicted molar refractivity (Wildman–Crippen MR) is 87.9 cm³/mol. The molecule has 1 aromatic rings. The Morgan fingerprint density at radius 2 is 2.10 bits per heavy atom. The number of rotatable bonds is 4. The maximum absolute atomic E-state index is 10.2. The number of nitrogens with two attached hydrogens (primary N) is 1. The first-order valence-electron chi connectivity index (χ1n) is 7.13. The van der Waals surface area contributed by atoms with Gasteiger partial charge in [0.2, 0.25) is 0 Å². The first-order chi connectivity index (χ1) is 9.89. The largest absolute Gasteiger partial charge is 0.388 e. The van der Waals surface area contributed by atoms with Gasteiger partial charge in [-0.3, -0.25) is 4.99 Å². The molecule has 0 saturated heterocycles. The number of nitrogens with zero attached hydrogens (tertiary/aromatic N) is 1. The van der Waals surface area contributed by atoms with Crippen molar-refractivity contribution in [2.45, 2.75) is 44.2 Å². The van der Waals surface area contributed by atoms with Crippen molar-refractivity contribution in [1.82, 2.24) is 5.32 Å². The lowest BCUT2D eigenvalue weighted by molar-refractivity contribution is 0.0574. The molecule has 1 atom stereocenters. The van der Waals surface area contributed by atoms with E-state index >= 15 is 0 Å². The first kappa shape index (κ1) is 16.4. The second-order valence-corrected chi connectivity index (χ2v) is 6.51. The number of hydrogen-bond acceptors (Lipinski definition) is 2. The minimum absolute atomic E-state index is 0.0864. The minimum atomic E-state index is -0.687. The lowest BCUT2D eigenvalue weighted by Crippen LogP contribution is -2.36. The molecule has 21 heavy (non-hydrogen) atoms. The van der Waals surface area contributed by atoms with Gasteiger partial charge in [0.25, 0.3) is 0 Å². The summed E-state index contributed by atoms with van der Waals surface area (Å²) in [6.07, 6.45) is 3.69. The summed E-state index contributed by atoms with van der Waals surface area (Å²) in [4.78, 5) is 4.25. The summed E-state index contributed by atoms with van der Waals surface area (Å²) >= 11 is 12.0. The van der Waals surface area contributed by atoms with Gasteiger partial charge < -0.3 is 16.2 Å². The molecule has 0 bridgehead atoms. The van der Waals surface area contributed by atoms with Crippen molar-refractivity contribution in [3.63, 3.8) is 0 Å². The van der Waals surface area contributed by atoms with Crippen molar-refractivity contribution in [2.75, 3.05) is 6.54 Å². The molecule has 4 N–H and O–H groups in total. The van der Waals surface area contributed by atoms with Crippen LogP contribution in [0.2, 0.25) is 10.0 Å². The first-order valence-corrected chi connectivity index (χ1v) is 7.89. The molecule has 0 spiro atoms. The van der Waals surface area contributed by atoms with Crippen molar-refractivity contribution < 1.29 is 5.11 Å². The molecule has 1 saturated carbocycles. The molecule has 0 aromatic heterocycles. The summed E-state index contributed by atoms with van der Waals surface area (Å²) in [5, 5.41) is 14.5. The molecule has 116 valence electrons. The fourth-order valence-corrected chi connectivity index (χ4v) is 3.19. The highest BCUT2D eigenvalue weighted by Gasteiger charge is 2.30. The van der Waals surface area contributed by atoms with Crippen molar-refractivity contribution in [3.8, 4) is 0 Å². The van der Waals surface area contributed by atoms with Gasteiger partial charge >= 0.3 is 0 Å². The highest BCUT2D eigenvalue weighted by molar-refractivity contribution is 6.35.